The summed E-state index contributed by atoms with van der Waals surface area (Å²) in [6, 6.07) is 7.82. The molecule has 1 N–H and O–H groups in total. The third kappa shape index (κ3) is 5.14. The third-order valence-corrected chi connectivity index (χ3v) is 9.10. The van der Waals surface area contributed by atoms with Gasteiger partial charge in [-0.1, -0.05) is 44.2 Å². The van der Waals surface area contributed by atoms with E-state index < -0.39 is 40.7 Å². The number of hydrogen-bond acceptors (Lipinski definition) is 5. The summed E-state index contributed by atoms with van der Waals surface area (Å²) in [4.78, 5) is 48.7. The highest BCUT2D eigenvalue weighted by atomic mass is 16.5. The van der Waals surface area contributed by atoms with E-state index in [1.165, 1.54) is 0 Å². The molecule has 41 heavy (non-hydrogen) atoms. The first-order valence-electron chi connectivity index (χ1n) is 14.8. The highest BCUT2D eigenvalue weighted by Gasteiger charge is 2.79. The quantitative estimate of drug-likeness (QED) is 0.407. The molecule has 1 aromatic carbocycles. The van der Waals surface area contributed by atoms with Crippen molar-refractivity contribution in [1.82, 2.24) is 9.80 Å². The Morgan fingerprint density at radius 1 is 1.12 bits per heavy atom. The van der Waals surface area contributed by atoms with E-state index in [0.29, 0.717) is 31.5 Å². The van der Waals surface area contributed by atoms with E-state index in [1.54, 1.807) is 26.9 Å². The number of aliphatic hydroxyl groups excluding tert-OH is 1. The van der Waals surface area contributed by atoms with E-state index in [4.69, 9.17) is 4.74 Å². The Morgan fingerprint density at radius 2 is 1.76 bits per heavy atom. The fourth-order valence-electron chi connectivity index (χ4n) is 7.43. The molecule has 0 aliphatic carbocycles. The zero-order chi connectivity index (χ0) is 30.3. The maximum atomic E-state index is 14.6. The van der Waals surface area contributed by atoms with Crippen LogP contribution in [-0.4, -0.2) is 81.1 Å². The number of para-hydroxylation sites is 1. The molecule has 3 aliphatic heterocycles. The summed E-state index contributed by atoms with van der Waals surface area (Å²) in [5, 5.41) is 10.6. The predicted octanol–water partition coefficient (Wildman–Crippen LogP) is 4.19. The van der Waals surface area contributed by atoms with Crippen LogP contribution < -0.4 is 4.90 Å². The average molecular weight is 566 g/mol. The van der Waals surface area contributed by atoms with Crippen LogP contribution in [0.4, 0.5) is 5.69 Å². The Labute approximate surface area is 245 Å². The van der Waals surface area contributed by atoms with Crippen LogP contribution in [0, 0.1) is 17.8 Å². The van der Waals surface area contributed by atoms with Gasteiger partial charge in [0.15, 0.2) is 0 Å². The summed E-state index contributed by atoms with van der Waals surface area (Å²) >= 11 is 0. The van der Waals surface area contributed by atoms with E-state index in [9.17, 15) is 19.5 Å². The third-order valence-electron chi connectivity index (χ3n) is 9.10. The van der Waals surface area contributed by atoms with E-state index in [-0.39, 0.29) is 36.8 Å². The van der Waals surface area contributed by atoms with Crippen molar-refractivity contribution in [3.63, 3.8) is 0 Å². The van der Waals surface area contributed by atoms with Gasteiger partial charge in [-0.2, -0.15) is 0 Å². The number of carbonyl (C=O) groups is 3. The van der Waals surface area contributed by atoms with E-state index >= 15 is 0 Å². The zero-order valence-corrected chi connectivity index (χ0v) is 25.5. The van der Waals surface area contributed by atoms with Crippen molar-refractivity contribution in [2.45, 2.75) is 89.6 Å². The van der Waals surface area contributed by atoms with Gasteiger partial charge in [-0.25, -0.2) is 0 Å². The lowest BCUT2D eigenvalue weighted by Gasteiger charge is -2.43. The van der Waals surface area contributed by atoms with Crippen LogP contribution in [0.25, 0.3) is 0 Å². The monoisotopic (exact) mass is 565 g/mol. The standard InChI is InChI=1S/C33H47N3O5/c1-9-18-34(23-14-12-11-13-15-23)28(38)25-26-29(39)36(24(21-37)20-22(3)4)27(33(26)17-16-32(25,8)41-33)30(40)35(19-10-2)31(5,6)7/h9-15,22,24-27,37H,1-2,16-21H2,3-8H3/t24-,25+,26+,27?,32-,33?/m1/s1. The molecule has 8 nitrogen and oxygen atoms in total. The Balaban J connectivity index is 1.86. The molecule has 224 valence electrons. The first kappa shape index (κ1) is 31.0. The smallest absolute Gasteiger partial charge is 0.249 e. The number of rotatable bonds is 11. The van der Waals surface area contributed by atoms with Crippen molar-refractivity contribution in [2.75, 3.05) is 24.6 Å². The van der Waals surface area contributed by atoms with Gasteiger partial charge in [0.05, 0.1) is 30.1 Å². The second kappa shape index (κ2) is 11.4. The van der Waals surface area contributed by atoms with Crippen LogP contribution in [0.15, 0.2) is 55.6 Å². The Morgan fingerprint density at radius 3 is 2.29 bits per heavy atom. The van der Waals surface area contributed by atoms with Crippen molar-refractivity contribution >= 4 is 23.4 Å². The van der Waals surface area contributed by atoms with Crippen molar-refractivity contribution in [3.05, 3.63) is 55.6 Å². The lowest BCUT2D eigenvalue weighted by molar-refractivity contribution is -0.158. The molecule has 3 saturated heterocycles. The van der Waals surface area contributed by atoms with Gasteiger partial charge in [0.1, 0.15) is 11.6 Å². The lowest BCUT2D eigenvalue weighted by Crippen LogP contribution is -2.61. The van der Waals surface area contributed by atoms with Crippen molar-refractivity contribution in [3.8, 4) is 0 Å². The molecule has 2 unspecified atom stereocenters. The van der Waals surface area contributed by atoms with Crippen LogP contribution in [0.5, 0.6) is 0 Å². The van der Waals surface area contributed by atoms with Gasteiger partial charge in [0.2, 0.25) is 17.7 Å². The number of likely N-dealkylation sites (tertiary alicyclic amines) is 1. The van der Waals surface area contributed by atoms with Crippen molar-refractivity contribution < 1.29 is 24.2 Å². The normalized spacial score (nSPS) is 29.4. The molecule has 3 amide bonds. The van der Waals surface area contributed by atoms with Gasteiger partial charge in [-0.3, -0.25) is 14.4 Å². The number of carbonyl (C=O) groups excluding carboxylic acids is 3. The number of ether oxygens (including phenoxy) is 1. The van der Waals surface area contributed by atoms with E-state index in [2.05, 4.69) is 13.2 Å². The molecule has 8 heteroatoms. The molecule has 3 heterocycles. The van der Waals surface area contributed by atoms with E-state index in [1.807, 2.05) is 71.9 Å². The van der Waals surface area contributed by atoms with Crippen molar-refractivity contribution in [1.29, 1.82) is 0 Å². The number of hydrogen-bond donors (Lipinski definition) is 1. The molecule has 2 bridgehead atoms. The topological polar surface area (TPSA) is 90.4 Å². The molecule has 3 aliphatic rings. The SMILES string of the molecule is C=CCN(C(=O)[C@@H]1[C@H]2C(=O)N([C@@H](CO)CC(C)C)C(C(=O)N(CC=C)C(C)(C)C)C23CC[C@@]1(C)O3)c1ccccc1. The number of amides is 3. The molecule has 0 radical (unpaired) electrons. The van der Waals surface area contributed by atoms with Crippen LogP contribution in [0.2, 0.25) is 0 Å². The largest absolute Gasteiger partial charge is 0.394 e. The second-order valence-electron chi connectivity index (χ2n) is 13.4. The number of anilines is 1. The fraction of sp³-hybridized carbons (Fsp3) is 0.606. The van der Waals surface area contributed by atoms with Gasteiger partial charge in [-0.05, 0) is 65.0 Å². The van der Waals surface area contributed by atoms with E-state index in [0.717, 1.165) is 0 Å². The van der Waals surface area contributed by atoms with Gasteiger partial charge < -0.3 is 24.5 Å². The highest BCUT2D eigenvalue weighted by molar-refractivity contribution is 6.03. The van der Waals surface area contributed by atoms with Gasteiger partial charge >= 0.3 is 0 Å². The summed E-state index contributed by atoms with van der Waals surface area (Å²) in [5.41, 5.74) is -1.92. The minimum atomic E-state index is -1.17. The van der Waals surface area contributed by atoms with Gasteiger partial charge in [-0.15, -0.1) is 13.2 Å². The molecule has 4 rings (SSSR count). The molecule has 6 atom stereocenters. The van der Waals surface area contributed by atoms with Crippen LogP contribution in [0.1, 0.15) is 60.8 Å². The minimum absolute atomic E-state index is 0.175. The average Bonchev–Trinajstić information content (AvgIpc) is 3.48. The first-order valence-corrected chi connectivity index (χ1v) is 14.8. The number of nitrogens with zero attached hydrogens (tertiary/aromatic N) is 3. The molecule has 0 saturated carbocycles. The Hall–Kier alpha value is -2.97. The maximum Gasteiger partial charge on any atom is 0.249 e. The molecule has 3 fully saturated rings. The van der Waals surface area contributed by atoms with Gasteiger partial charge in [0.25, 0.3) is 0 Å². The molecular weight excluding hydrogens is 518 g/mol. The number of benzene rings is 1. The minimum Gasteiger partial charge on any atom is -0.394 e. The number of aliphatic hydroxyl groups is 1. The second-order valence-corrected chi connectivity index (χ2v) is 13.4. The Kier molecular flexibility index (Phi) is 8.59. The molecule has 1 aromatic rings. The van der Waals surface area contributed by atoms with Crippen molar-refractivity contribution in [2.24, 2.45) is 17.8 Å². The van der Waals surface area contributed by atoms with Crippen LogP contribution >= 0.6 is 0 Å². The summed E-state index contributed by atoms with van der Waals surface area (Å²) in [6.45, 7) is 19.9. The highest BCUT2D eigenvalue weighted by Crippen LogP contribution is 2.64. The summed E-state index contributed by atoms with van der Waals surface area (Å²) < 4.78 is 6.85. The summed E-state index contributed by atoms with van der Waals surface area (Å²) in [6.07, 6.45) is 4.91. The maximum absolute atomic E-state index is 14.6. The van der Waals surface area contributed by atoms with Crippen LogP contribution in [-0.2, 0) is 19.1 Å². The Bertz CT molecular complexity index is 1180. The summed E-state index contributed by atoms with van der Waals surface area (Å²) in [5.74, 6) is -2.19. The summed E-state index contributed by atoms with van der Waals surface area (Å²) in [7, 11) is 0. The van der Waals surface area contributed by atoms with Gasteiger partial charge in [0, 0.05) is 24.3 Å². The number of fused-ring (bicyclic) bond motifs is 1. The first-order chi connectivity index (χ1) is 19.3. The molecular formula is C33H47N3O5. The zero-order valence-electron chi connectivity index (χ0n) is 25.5. The fourth-order valence-corrected chi connectivity index (χ4v) is 7.43. The lowest BCUT2D eigenvalue weighted by atomic mass is 9.66. The predicted molar refractivity (Wildman–Crippen MR) is 160 cm³/mol. The van der Waals surface area contributed by atoms with Crippen LogP contribution in [0.3, 0.4) is 0 Å². The molecule has 1 spiro atoms. The molecule has 0 aromatic heterocycles.